The lowest BCUT2D eigenvalue weighted by Gasteiger charge is -2.13. The number of aromatic nitrogens is 2. The van der Waals surface area contributed by atoms with Crippen molar-refractivity contribution in [3.05, 3.63) is 41.6 Å². The van der Waals surface area contributed by atoms with E-state index in [0.717, 1.165) is 43.3 Å². The Morgan fingerprint density at radius 3 is 2.67 bits per heavy atom. The van der Waals surface area contributed by atoms with Crippen molar-refractivity contribution >= 4 is 17.5 Å². The molecule has 0 aliphatic heterocycles. The number of hydrogen-bond acceptors (Lipinski definition) is 5. The summed E-state index contributed by atoms with van der Waals surface area (Å²) in [5.74, 6) is 0.370. The molecular formula is C17H21F2N5. The predicted molar refractivity (Wildman–Crippen MR) is 90.7 cm³/mol. The summed E-state index contributed by atoms with van der Waals surface area (Å²) >= 11 is 0. The zero-order valence-corrected chi connectivity index (χ0v) is 13.8. The standard InChI is InChI=1S/C17H21F2N5/c1-24(2)8-7-20-17-22-14(11-3-4-11)10-16(23-17)21-15-9-12(18)5-6-13(15)19/h5-6,9-11H,3-4,7-8H2,1-2H3,(H2,20,21,22,23). The summed E-state index contributed by atoms with van der Waals surface area (Å²) in [6.07, 6.45) is 2.20. The van der Waals surface area contributed by atoms with E-state index in [0.29, 0.717) is 24.2 Å². The van der Waals surface area contributed by atoms with Crippen molar-refractivity contribution < 1.29 is 8.78 Å². The Balaban J connectivity index is 1.80. The van der Waals surface area contributed by atoms with Crippen LogP contribution in [0.25, 0.3) is 0 Å². The van der Waals surface area contributed by atoms with Crippen LogP contribution < -0.4 is 10.6 Å². The van der Waals surface area contributed by atoms with Crippen molar-refractivity contribution in [2.75, 3.05) is 37.8 Å². The smallest absolute Gasteiger partial charge is 0.224 e. The Morgan fingerprint density at radius 1 is 1.17 bits per heavy atom. The van der Waals surface area contributed by atoms with Crippen molar-refractivity contribution in [1.29, 1.82) is 0 Å². The van der Waals surface area contributed by atoms with Gasteiger partial charge in [-0.05, 0) is 39.1 Å². The van der Waals surface area contributed by atoms with Crippen LogP contribution in [0.4, 0.5) is 26.2 Å². The molecule has 0 spiro atoms. The molecule has 0 bridgehead atoms. The molecule has 0 amide bonds. The van der Waals surface area contributed by atoms with Gasteiger partial charge in [-0.2, -0.15) is 4.98 Å². The molecule has 24 heavy (non-hydrogen) atoms. The van der Waals surface area contributed by atoms with Crippen LogP contribution in [0.3, 0.4) is 0 Å². The van der Waals surface area contributed by atoms with E-state index in [1.54, 1.807) is 6.07 Å². The first-order valence-electron chi connectivity index (χ1n) is 8.01. The van der Waals surface area contributed by atoms with Crippen LogP contribution in [0.2, 0.25) is 0 Å². The second kappa shape index (κ2) is 7.09. The number of halogens is 2. The molecule has 1 fully saturated rings. The minimum absolute atomic E-state index is 0.0645. The lowest BCUT2D eigenvalue weighted by molar-refractivity contribution is 0.425. The SMILES string of the molecule is CN(C)CCNc1nc(Nc2cc(F)ccc2F)cc(C2CC2)n1. The summed E-state index contributed by atoms with van der Waals surface area (Å²) in [6.45, 7) is 1.55. The fraction of sp³-hybridized carbons (Fsp3) is 0.412. The zero-order chi connectivity index (χ0) is 17.1. The fourth-order valence-electron chi connectivity index (χ4n) is 2.32. The zero-order valence-electron chi connectivity index (χ0n) is 13.8. The molecule has 3 rings (SSSR count). The van der Waals surface area contributed by atoms with E-state index in [-0.39, 0.29) is 5.69 Å². The largest absolute Gasteiger partial charge is 0.353 e. The second-order valence-corrected chi connectivity index (χ2v) is 6.26. The average molecular weight is 333 g/mol. The van der Waals surface area contributed by atoms with Gasteiger partial charge < -0.3 is 15.5 Å². The monoisotopic (exact) mass is 333 g/mol. The van der Waals surface area contributed by atoms with Gasteiger partial charge in [0.15, 0.2) is 0 Å². The van der Waals surface area contributed by atoms with Gasteiger partial charge in [0, 0.05) is 31.1 Å². The molecule has 7 heteroatoms. The van der Waals surface area contributed by atoms with Crippen molar-refractivity contribution in [2.45, 2.75) is 18.8 Å². The van der Waals surface area contributed by atoms with Crippen molar-refractivity contribution in [2.24, 2.45) is 0 Å². The van der Waals surface area contributed by atoms with Gasteiger partial charge >= 0.3 is 0 Å². The van der Waals surface area contributed by atoms with Crippen molar-refractivity contribution in [1.82, 2.24) is 14.9 Å². The third kappa shape index (κ3) is 4.38. The quantitative estimate of drug-likeness (QED) is 0.814. The first-order chi connectivity index (χ1) is 11.5. The van der Waals surface area contributed by atoms with Gasteiger partial charge in [-0.3, -0.25) is 0 Å². The Hall–Kier alpha value is -2.28. The van der Waals surface area contributed by atoms with Gasteiger partial charge in [-0.15, -0.1) is 0 Å². The number of rotatable bonds is 7. The molecule has 0 saturated heterocycles. The molecule has 1 aromatic carbocycles. The molecule has 1 aromatic heterocycles. The number of anilines is 3. The highest BCUT2D eigenvalue weighted by atomic mass is 19.1. The minimum Gasteiger partial charge on any atom is -0.353 e. The normalized spacial score (nSPS) is 14.0. The Morgan fingerprint density at radius 2 is 1.96 bits per heavy atom. The molecule has 2 aromatic rings. The van der Waals surface area contributed by atoms with E-state index in [2.05, 4.69) is 25.5 Å². The third-order valence-corrected chi connectivity index (χ3v) is 3.77. The molecular weight excluding hydrogens is 312 g/mol. The third-order valence-electron chi connectivity index (χ3n) is 3.77. The number of likely N-dealkylation sites (N-methyl/N-ethyl adjacent to an activating group) is 1. The van der Waals surface area contributed by atoms with Gasteiger partial charge in [0.1, 0.15) is 17.5 Å². The topological polar surface area (TPSA) is 53.1 Å². The van der Waals surface area contributed by atoms with Gasteiger partial charge in [-0.1, -0.05) is 0 Å². The molecule has 1 aliphatic rings. The molecule has 0 radical (unpaired) electrons. The number of benzene rings is 1. The maximum atomic E-state index is 13.8. The van der Waals surface area contributed by atoms with Crippen LogP contribution in [0.5, 0.6) is 0 Å². The number of hydrogen-bond donors (Lipinski definition) is 2. The molecule has 1 saturated carbocycles. The summed E-state index contributed by atoms with van der Waals surface area (Å²) in [5.41, 5.74) is 0.992. The average Bonchev–Trinajstić information content (AvgIpc) is 3.35. The van der Waals surface area contributed by atoms with Crippen LogP contribution in [0.15, 0.2) is 24.3 Å². The lowest BCUT2D eigenvalue weighted by atomic mass is 10.2. The van der Waals surface area contributed by atoms with E-state index >= 15 is 0 Å². The summed E-state index contributed by atoms with van der Waals surface area (Å²) in [5, 5.41) is 6.04. The van der Waals surface area contributed by atoms with Gasteiger partial charge in [0.25, 0.3) is 0 Å². The van der Waals surface area contributed by atoms with Crippen molar-refractivity contribution in [3.8, 4) is 0 Å². The van der Waals surface area contributed by atoms with E-state index in [1.807, 2.05) is 14.1 Å². The first kappa shape index (κ1) is 16.6. The summed E-state index contributed by atoms with van der Waals surface area (Å²) < 4.78 is 27.2. The van der Waals surface area contributed by atoms with Crippen LogP contribution >= 0.6 is 0 Å². The predicted octanol–water partition coefficient (Wildman–Crippen LogP) is 3.35. The van der Waals surface area contributed by atoms with E-state index in [4.69, 9.17) is 0 Å². The summed E-state index contributed by atoms with van der Waals surface area (Å²) in [6, 6.07) is 5.10. The maximum absolute atomic E-state index is 13.8. The molecule has 2 N–H and O–H groups in total. The highest BCUT2D eigenvalue weighted by Gasteiger charge is 2.26. The number of nitrogens with one attached hydrogen (secondary N) is 2. The van der Waals surface area contributed by atoms with Gasteiger partial charge in [0.05, 0.1) is 11.4 Å². The molecule has 128 valence electrons. The van der Waals surface area contributed by atoms with E-state index < -0.39 is 11.6 Å². The summed E-state index contributed by atoms with van der Waals surface area (Å²) in [4.78, 5) is 10.9. The lowest BCUT2D eigenvalue weighted by Crippen LogP contribution is -2.21. The van der Waals surface area contributed by atoms with Crippen molar-refractivity contribution in [3.63, 3.8) is 0 Å². The van der Waals surface area contributed by atoms with Crippen LogP contribution in [-0.4, -0.2) is 42.1 Å². The molecule has 1 heterocycles. The van der Waals surface area contributed by atoms with Crippen LogP contribution in [0, 0.1) is 11.6 Å². The first-order valence-corrected chi connectivity index (χ1v) is 8.01. The Labute approximate surface area is 140 Å². The Kier molecular flexibility index (Phi) is 4.89. The van der Waals surface area contributed by atoms with E-state index in [1.165, 1.54) is 0 Å². The Bertz CT molecular complexity index is 716. The van der Waals surface area contributed by atoms with Crippen LogP contribution in [-0.2, 0) is 0 Å². The second-order valence-electron chi connectivity index (χ2n) is 6.26. The highest BCUT2D eigenvalue weighted by molar-refractivity contribution is 5.58. The molecule has 0 atom stereocenters. The molecule has 5 nitrogen and oxygen atoms in total. The molecule has 1 aliphatic carbocycles. The van der Waals surface area contributed by atoms with E-state index in [9.17, 15) is 8.78 Å². The maximum Gasteiger partial charge on any atom is 0.224 e. The molecule has 0 unspecified atom stereocenters. The van der Waals surface area contributed by atoms with Crippen LogP contribution in [0.1, 0.15) is 24.5 Å². The highest BCUT2D eigenvalue weighted by Crippen LogP contribution is 2.40. The fourth-order valence-corrected chi connectivity index (χ4v) is 2.32. The van der Waals surface area contributed by atoms with Gasteiger partial charge in [0.2, 0.25) is 5.95 Å². The van der Waals surface area contributed by atoms with Gasteiger partial charge in [-0.25, -0.2) is 13.8 Å². The minimum atomic E-state index is -0.523. The number of nitrogens with zero attached hydrogens (tertiary/aromatic N) is 3. The summed E-state index contributed by atoms with van der Waals surface area (Å²) in [7, 11) is 3.98.